The lowest BCUT2D eigenvalue weighted by atomic mass is 10.2. The van der Waals surface area contributed by atoms with Gasteiger partial charge in [-0.2, -0.15) is 0 Å². The Morgan fingerprint density at radius 1 is 1.57 bits per heavy atom. The molecule has 2 nitrogen and oxygen atoms in total. The van der Waals surface area contributed by atoms with Gasteiger partial charge in [0.15, 0.2) is 0 Å². The van der Waals surface area contributed by atoms with Crippen LogP contribution >= 0.6 is 0 Å². The third-order valence-corrected chi connectivity index (χ3v) is 1.66. The van der Waals surface area contributed by atoms with E-state index in [9.17, 15) is 0 Å². The van der Waals surface area contributed by atoms with Crippen molar-refractivity contribution in [1.82, 2.24) is 0 Å². The first kappa shape index (κ1) is 10.3. The zero-order chi connectivity index (χ0) is 10.2. The first-order valence-electron chi connectivity index (χ1n) is 4.48. The average Bonchev–Trinajstić information content (AvgIpc) is 2.18. The van der Waals surface area contributed by atoms with Crippen LogP contribution in [-0.4, -0.2) is 12.8 Å². The number of oxime groups is 1. The Bertz CT molecular complexity index is 350. The molecule has 0 aromatic heterocycles. The normalized spacial score (nSPS) is 10.0. The molecule has 0 aliphatic heterocycles. The molecule has 0 radical (unpaired) electrons. The zero-order valence-corrected chi connectivity index (χ0v) is 8.23. The molecule has 0 heterocycles. The first-order chi connectivity index (χ1) is 6.83. The van der Waals surface area contributed by atoms with Crippen molar-refractivity contribution in [3.63, 3.8) is 0 Å². The van der Waals surface area contributed by atoms with Crippen molar-refractivity contribution < 1.29 is 4.84 Å². The zero-order valence-electron chi connectivity index (χ0n) is 8.23. The fraction of sp³-hybridized carbons (Fsp3) is 0.250. The van der Waals surface area contributed by atoms with Gasteiger partial charge in [-0.05, 0) is 12.5 Å². The monoisotopic (exact) mass is 187 g/mol. The van der Waals surface area contributed by atoms with Crippen molar-refractivity contribution in [2.24, 2.45) is 5.16 Å². The molecule has 0 amide bonds. The molecule has 0 aliphatic carbocycles. The maximum atomic E-state index is 5.06. The predicted molar refractivity (Wildman–Crippen MR) is 58.2 cm³/mol. The van der Waals surface area contributed by atoms with E-state index in [4.69, 9.17) is 11.3 Å². The quantitative estimate of drug-likeness (QED) is 0.307. The Morgan fingerprint density at radius 3 is 3.14 bits per heavy atom. The molecule has 0 fully saturated rings. The van der Waals surface area contributed by atoms with Crippen LogP contribution in [0.25, 0.3) is 0 Å². The molecule has 0 N–H and O–H groups in total. The Labute approximate surface area is 84.6 Å². The van der Waals surface area contributed by atoms with Crippen LogP contribution in [0.2, 0.25) is 0 Å². The van der Waals surface area contributed by atoms with E-state index in [2.05, 4.69) is 11.1 Å². The molecule has 1 rings (SSSR count). The number of rotatable bonds is 4. The van der Waals surface area contributed by atoms with Gasteiger partial charge in [-0.1, -0.05) is 35.0 Å². The van der Waals surface area contributed by atoms with Crippen LogP contribution in [0.1, 0.15) is 17.5 Å². The molecule has 0 atom stereocenters. The molecule has 0 saturated heterocycles. The van der Waals surface area contributed by atoms with Crippen molar-refractivity contribution in [2.75, 3.05) is 6.61 Å². The van der Waals surface area contributed by atoms with E-state index in [1.807, 2.05) is 31.2 Å². The van der Waals surface area contributed by atoms with Gasteiger partial charge < -0.3 is 4.84 Å². The standard InChI is InChI=1S/C12H13NO/c1-3-4-8-14-13-10-12-7-5-6-11(2)9-12/h1,5-7,9-10H,4,8H2,2H3. The average molecular weight is 187 g/mol. The molecular formula is C12H13NO. The second-order valence-corrected chi connectivity index (χ2v) is 2.94. The van der Waals surface area contributed by atoms with Crippen LogP contribution in [0.5, 0.6) is 0 Å². The summed E-state index contributed by atoms with van der Waals surface area (Å²) in [6.45, 7) is 2.51. The smallest absolute Gasteiger partial charge is 0.128 e. The lowest BCUT2D eigenvalue weighted by molar-refractivity contribution is 0.152. The molecule has 0 bridgehead atoms. The molecule has 14 heavy (non-hydrogen) atoms. The summed E-state index contributed by atoms with van der Waals surface area (Å²) in [5, 5.41) is 3.80. The molecular weight excluding hydrogens is 174 g/mol. The summed E-state index contributed by atoms with van der Waals surface area (Å²) in [6, 6.07) is 8.03. The Balaban J connectivity index is 2.41. The van der Waals surface area contributed by atoms with E-state index in [-0.39, 0.29) is 0 Å². The number of benzene rings is 1. The van der Waals surface area contributed by atoms with Gasteiger partial charge in [-0.15, -0.1) is 12.3 Å². The highest BCUT2D eigenvalue weighted by atomic mass is 16.6. The molecule has 0 unspecified atom stereocenters. The van der Waals surface area contributed by atoms with Crippen LogP contribution in [0.4, 0.5) is 0 Å². The molecule has 2 heteroatoms. The second-order valence-electron chi connectivity index (χ2n) is 2.94. The lowest BCUT2D eigenvalue weighted by Crippen LogP contribution is -1.87. The minimum Gasteiger partial charge on any atom is -0.395 e. The topological polar surface area (TPSA) is 21.6 Å². The SMILES string of the molecule is C#CCCON=Cc1cccc(C)c1. The van der Waals surface area contributed by atoms with Gasteiger partial charge in [0.2, 0.25) is 0 Å². The van der Waals surface area contributed by atoms with Crippen molar-refractivity contribution in [1.29, 1.82) is 0 Å². The summed E-state index contributed by atoms with van der Waals surface area (Å²) in [5.41, 5.74) is 2.24. The van der Waals surface area contributed by atoms with E-state index in [1.54, 1.807) is 6.21 Å². The predicted octanol–water partition coefficient (Wildman–Crippen LogP) is 2.37. The number of aryl methyl sites for hydroxylation is 1. The minimum absolute atomic E-state index is 0.471. The number of hydrogen-bond acceptors (Lipinski definition) is 2. The molecule has 1 aromatic rings. The molecule has 0 spiro atoms. The fourth-order valence-corrected chi connectivity index (χ4v) is 1.01. The summed E-state index contributed by atoms with van der Waals surface area (Å²) in [7, 11) is 0. The van der Waals surface area contributed by atoms with Gasteiger partial charge in [0.05, 0.1) is 6.21 Å². The third-order valence-electron chi connectivity index (χ3n) is 1.66. The van der Waals surface area contributed by atoms with Crippen molar-refractivity contribution in [2.45, 2.75) is 13.3 Å². The molecule has 0 saturated carbocycles. The van der Waals surface area contributed by atoms with Gasteiger partial charge in [-0.25, -0.2) is 0 Å². The lowest BCUT2D eigenvalue weighted by Gasteiger charge is -1.95. The van der Waals surface area contributed by atoms with Crippen molar-refractivity contribution in [3.8, 4) is 12.3 Å². The first-order valence-corrected chi connectivity index (χ1v) is 4.48. The fourth-order valence-electron chi connectivity index (χ4n) is 1.01. The largest absolute Gasteiger partial charge is 0.395 e. The van der Waals surface area contributed by atoms with Crippen LogP contribution in [0.15, 0.2) is 29.4 Å². The summed E-state index contributed by atoms with van der Waals surface area (Å²) in [6.07, 6.45) is 7.33. The van der Waals surface area contributed by atoms with Crippen LogP contribution in [0.3, 0.4) is 0 Å². The van der Waals surface area contributed by atoms with Gasteiger partial charge in [0.1, 0.15) is 6.61 Å². The van der Waals surface area contributed by atoms with E-state index in [1.165, 1.54) is 5.56 Å². The Kier molecular flexibility index (Phi) is 4.30. The molecule has 72 valence electrons. The Hall–Kier alpha value is -1.75. The maximum Gasteiger partial charge on any atom is 0.128 e. The second kappa shape index (κ2) is 5.82. The molecule has 1 aromatic carbocycles. The molecule has 0 aliphatic rings. The van der Waals surface area contributed by atoms with E-state index < -0.39 is 0 Å². The highest BCUT2D eigenvalue weighted by molar-refractivity contribution is 5.79. The van der Waals surface area contributed by atoms with Gasteiger partial charge in [-0.3, -0.25) is 0 Å². The minimum atomic E-state index is 0.471. The third kappa shape index (κ3) is 3.77. The van der Waals surface area contributed by atoms with Crippen LogP contribution in [0, 0.1) is 19.3 Å². The summed E-state index contributed by atoms with van der Waals surface area (Å²) >= 11 is 0. The highest BCUT2D eigenvalue weighted by Gasteiger charge is 1.87. The summed E-state index contributed by atoms with van der Waals surface area (Å²) in [5.74, 6) is 2.48. The van der Waals surface area contributed by atoms with E-state index >= 15 is 0 Å². The Morgan fingerprint density at radius 2 is 2.43 bits per heavy atom. The number of nitrogens with zero attached hydrogens (tertiary/aromatic N) is 1. The van der Waals surface area contributed by atoms with Gasteiger partial charge >= 0.3 is 0 Å². The van der Waals surface area contributed by atoms with Gasteiger partial charge in [0.25, 0.3) is 0 Å². The van der Waals surface area contributed by atoms with Crippen molar-refractivity contribution in [3.05, 3.63) is 35.4 Å². The number of hydrogen-bond donors (Lipinski definition) is 0. The van der Waals surface area contributed by atoms with Crippen LogP contribution < -0.4 is 0 Å². The summed E-state index contributed by atoms with van der Waals surface area (Å²) < 4.78 is 0. The maximum absolute atomic E-state index is 5.06. The van der Waals surface area contributed by atoms with Gasteiger partial charge in [0, 0.05) is 6.42 Å². The van der Waals surface area contributed by atoms with Crippen LogP contribution in [-0.2, 0) is 4.84 Å². The number of terminal acetylenes is 1. The van der Waals surface area contributed by atoms with E-state index in [0.717, 1.165) is 5.56 Å². The van der Waals surface area contributed by atoms with E-state index in [0.29, 0.717) is 13.0 Å². The highest BCUT2D eigenvalue weighted by Crippen LogP contribution is 2.00. The summed E-state index contributed by atoms with van der Waals surface area (Å²) in [4.78, 5) is 4.94. The van der Waals surface area contributed by atoms with Crippen molar-refractivity contribution >= 4 is 6.21 Å².